The molecule has 2 atom stereocenters. The van der Waals surface area contributed by atoms with Gasteiger partial charge in [0.05, 0.1) is 16.6 Å². The first-order valence-electron chi connectivity index (χ1n) is 11.0. The topological polar surface area (TPSA) is 73.8 Å². The van der Waals surface area contributed by atoms with Gasteiger partial charge in [0.25, 0.3) is 5.91 Å². The number of halogens is 1. The van der Waals surface area contributed by atoms with Crippen LogP contribution in [-0.4, -0.2) is 71.4 Å². The number of carbonyl (C=O) groups excluding carboxylic acids is 1. The van der Waals surface area contributed by atoms with Crippen molar-refractivity contribution in [1.82, 2.24) is 19.8 Å². The summed E-state index contributed by atoms with van der Waals surface area (Å²) in [5.41, 5.74) is 4.21. The molecule has 2 aromatic rings. The number of fused-ring (bicyclic) bond motifs is 2. The summed E-state index contributed by atoms with van der Waals surface area (Å²) in [4.78, 5) is 30.0. The summed E-state index contributed by atoms with van der Waals surface area (Å²) >= 11 is 6.45. The number of ether oxygens (including phenoxy) is 1. The third kappa shape index (κ3) is 3.90. The molecule has 0 saturated carbocycles. The highest BCUT2D eigenvalue weighted by Crippen LogP contribution is 2.33. The van der Waals surface area contributed by atoms with Crippen LogP contribution < -0.4 is 0 Å². The molecule has 3 aliphatic heterocycles. The molecule has 0 bridgehead atoms. The SMILES string of the molecule is COC1N=CCC(Cl)=C1c1nc2cc3c(cc2[nH]1)CN(CC(C)CN1CCCC1)C3=O. The van der Waals surface area contributed by atoms with Gasteiger partial charge in [0.15, 0.2) is 6.23 Å². The predicted molar refractivity (Wildman–Crippen MR) is 122 cm³/mol. The van der Waals surface area contributed by atoms with Crippen LogP contribution in [0.5, 0.6) is 0 Å². The van der Waals surface area contributed by atoms with Crippen molar-refractivity contribution in [2.24, 2.45) is 10.9 Å². The molecule has 8 heteroatoms. The van der Waals surface area contributed by atoms with Crippen molar-refractivity contribution in [3.63, 3.8) is 0 Å². The van der Waals surface area contributed by atoms with Crippen LogP contribution in [0.3, 0.4) is 0 Å². The van der Waals surface area contributed by atoms with Crippen molar-refractivity contribution in [2.75, 3.05) is 33.3 Å². The lowest BCUT2D eigenvalue weighted by molar-refractivity contribution is 0.0745. The zero-order valence-corrected chi connectivity index (χ0v) is 18.8. The molecule has 4 heterocycles. The third-order valence-electron chi connectivity index (χ3n) is 6.42. The quantitative estimate of drug-likeness (QED) is 0.742. The second-order valence-corrected chi connectivity index (χ2v) is 9.31. The minimum Gasteiger partial charge on any atom is -0.355 e. The van der Waals surface area contributed by atoms with Crippen LogP contribution in [0, 0.1) is 5.92 Å². The van der Waals surface area contributed by atoms with E-state index in [1.807, 2.05) is 17.0 Å². The number of dihydropyridines is 1. The number of methoxy groups -OCH3 is 1. The molecule has 1 amide bonds. The highest BCUT2D eigenvalue weighted by atomic mass is 35.5. The maximum atomic E-state index is 13.1. The van der Waals surface area contributed by atoms with Crippen molar-refractivity contribution >= 4 is 40.3 Å². The highest BCUT2D eigenvalue weighted by molar-refractivity contribution is 6.34. The van der Waals surface area contributed by atoms with Crippen molar-refractivity contribution in [3.8, 4) is 0 Å². The number of nitrogens with one attached hydrogen (secondary N) is 1. The summed E-state index contributed by atoms with van der Waals surface area (Å²) in [6.45, 7) is 7.11. The van der Waals surface area contributed by atoms with Gasteiger partial charge < -0.3 is 19.5 Å². The van der Waals surface area contributed by atoms with Gasteiger partial charge in [0.2, 0.25) is 0 Å². The van der Waals surface area contributed by atoms with Gasteiger partial charge in [-0.15, -0.1) is 0 Å². The Kier molecular flexibility index (Phi) is 5.58. The zero-order valence-electron chi connectivity index (χ0n) is 18.0. The largest absolute Gasteiger partial charge is 0.355 e. The lowest BCUT2D eigenvalue weighted by Crippen LogP contribution is -2.34. The van der Waals surface area contributed by atoms with Crippen LogP contribution in [0.25, 0.3) is 16.6 Å². The van der Waals surface area contributed by atoms with Gasteiger partial charge in [-0.25, -0.2) is 4.98 Å². The summed E-state index contributed by atoms with van der Waals surface area (Å²) in [7, 11) is 1.60. The number of aromatic nitrogens is 2. The molecule has 7 nitrogen and oxygen atoms in total. The number of allylic oxidation sites excluding steroid dienone is 1. The first kappa shape index (κ1) is 20.7. The number of aliphatic imine (C=N–C) groups is 1. The molecule has 1 fully saturated rings. The Morgan fingerprint density at radius 3 is 2.87 bits per heavy atom. The highest BCUT2D eigenvalue weighted by Gasteiger charge is 2.31. The van der Waals surface area contributed by atoms with Crippen LogP contribution in [0.4, 0.5) is 0 Å². The van der Waals surface area contributed by atoms with E-state index in [0.717, 1.165) is 40.8 Å². The number of hydrogen-bond donors (Lipinski definition) is 1. The van der Waals surface area contributed by atoms with Crippen molar-refractivity contribution in [1.29, 1.82) is 0 Å². The number of aromatic amines is 1. The van der Waals surface area contributed by atoms with E-state index in [2.05, 4.69) is 21.8 Å². The standard InChI is InChI=1S/C23H28ClN5O2/c1-14(11-28-7-3-4-8-28)12-29-13-15-9-18-19(10-16(15)23(29)30)27-21(26-18)20-17(24)5-6-25-22(20)31-2/h6,9-10,14,22H,3-5,7-8,11-13H2,1-2H3,(H,26,27). The average molecular weight is 442 g/mol. The zero-order chi connectivity index (χ0) is 21.5. The molecule has 31 heavy (non-hydrogen) atoms. The van der Waals surface area contributed by atoms with E-state index in [9.17, 15) is 4.79 Å². The summed E-state index contributed by atoms with van der Waals surface area (Å²) in [5, 5.41) is 0.669. The predicted octanol–water partition coefficient (Wildman–Crippen LogP) is 3.65. The smallest absolute Gasteiger partial charge is 0.254 e. The number of likely N-dealkylation sites (tertiary alicyclic amines) is 1. The van der Waals surface area contributed by atoms with Crippen molar-refractivity contribution < 1.29 is 9.53 Å². The monoisotopic (exact) mass is 441 g/mol. The normalized spacial score (nSPS) is 22.7. The van der Waals surface area contributed by atoms with Gasteiger partial charge in [0, 0.05) is 50.0 Å². The second kappa shape index (κ2) is 8.37. The Balaban J connectivity index is 1.36. The van der Waals surface area contributed by atoms with Gasteiger partial charge in [-0.2, -0.15) is 0 Å². The molecule has 1 N–H and O–H groups in total. The summed E-state index contributed by atoms with van der Waals surface area (Å²) < 4.78 is 5.46. The van der Waals surface area contributed by atoms with Gasteiger partial charge in [-0.3, -0.25) is 9.79 Å². The van der Waals surface area contributed by atoms with Gasteiger partial charge >= 0.3 is 0 Å². The molecule has 1 saturated heterocycles. The number of hydrogen-bond acceptors (Lipinski definition) is 5. The molecule has 3 aliphatic rings. The number of nitrogens with zero attached hydrogens (tertiary/aromatic N) is 4. The molecular formula is C23H28ClN5O2. The van der Waals surface area contributed by atoms with E-state index < -0.39 is 6.23 Å². The van der Waals surface area contributed by atoms with E-state index in [1.54, 1.807) is 13.3 Å². The van der Waals surface area contributed by atoms with Crippen LogP contribution in [0.1, 0.15) is 47.9 Å². The van der Waals surface area contributed by atoms with E-state index in [1.165, 1.54) is 25.9 Å². The lowest BCUT2D eigenvalue weighted by atomic mass is 10.1. The molecule has 0 radical (unpaired) electrons. The minimum absolute atomic E-state index is 0.101. The number of imidazole rings is 1. The van der Waals surface area contributed by atoms with Crippen LogP contribution in [0.15, 0.2) is 22.2 Å². The molecule has 0 aliphatic carbocycles. The third-order valence-corrected chi connectivity index (χ3v) is 6.77. The molecule has 0 spiro atoms. The molecule has 5 rings (SSSR count). The molecular weight excluding hydrogens is 414 g/mol. The van der Waals surface area contributed by atoms with Gasteiger partial charge in [-0.1, -0.05) is 18.5 Å². The number of rotatable bonds is 6. The summed E-state index contributed by atoms with van der Waals surface area (Å²) in [5.74, 6) is 1.21. The molecule has 2 unspecified atom stereocenters. The fourth-order valence-electron chi connectivity index (χ4n) is 4.97. The Morgan fingerprint density at radius 1 is 1.29 bits per heavy atom. The Hall–Kier alpha value is -2.22. The first-order chi connectivity index (χ1) is 15.0. The summed E-state index contributed by atoms with van der Waals surface area (Å²) in [6, 6.07) is 3.95. The Labute approximate surface area is 187 Å². The minimum atomic E-state index is -0.470. The van der Waals surface area contributed by atoms with Gasteiger partial charge in [-0.05, 0) is 49.5 Å². The summed E-state index contributed by atoms with van der Waals surface area (Å²) in [6.07, 6.45) is 4.44. The number of benzene rings is 1. The van der Waals surface area contributed by atoms with E-state index in [0.29, 0.717) is 29.7 Å². The second-order valence-electron chi connectivity index (χ2n) is 8.85. The maximum absolute atomic E-state index is 13.1. The average Bonchev–Trinajstić information content (AvgIpc) is 3.46. The van der Waals surface area contributed by atoms with Gasteiger partial charge in [0.1, 0.15) is 5.82 Å². The number of amides is 1. The van der Waals surface area contributed by atoms with Crippen LogP contribution in [-0.2, 0) is 11.3 Å². The Morgan fingerprint density at radius 2 is 2.10 bits per heavy atom. The number of carbonyl (C=O) groups is 1. The maximum Gasteiger partial charge on any atom is 0.254 e. The Bertz CT molecular complexity index is 1070. The van der Waals surface area contributed by atoms with Crippen LogP contribution in [0.2, 0.25) is 0 Å². The van der Waals surface area contributed by atoms with Crippen molar-refractivity contribution in [2.45, 2.75) is 39.0 Å². The van der Waals surface area contributed by atoms with E-state index >= 15 is 0 Å². The molecule has 1 aromatic carbocycles. The molecule has 1 aromatic heterocycles. The van der Waals surface area contributed by atoms with E-state index in [4.69, 9.17) is 21.3 Å². The fourth-order valence-corrected chi connectivity index (χ4v) is 5.22. The molecule has 164 valence electrons. The first-order valence-corrected chi connectivity index (χ1v) is 11.4. The van der Waals surface area contributed by atoms with Crippen molar-refractivity contribution in [3.05, 3.63) is 34.1 Å². The number of H-pyrrole nitrogens is 1. The van der Waals surface area contributed by atoms with Crippen LogP contribution >= 0.6 is 11.6 Å². The lowest BCUT2D eigenvalue weighted by Gasteiger charge is -2.24. The van der Waals surface area contributed by atoms with E-state index in [-0.39, 0.29) is 5.91 Å². The fraction of sp³-hybridized carbons (Fsp3) is 0.522.